The Balaban J connectivity index is 1.50. The van der Waals surface area contributed by atoms with E-state index < -0.39 is 58.0 Å². The lowest BCUT2D eigenvalue weighted by Gasteiger charge is -2.50. The number of aliphatic hydroxyl groups is 3. The monoisotopic (exact) mass is 577 g/mol. The number of aromatic hydroxyl groups is 1. The van der Waals surface area contributed by atoms with Crippen molar-refractivity contribution in [3.8, 4) is 11.5 Å². The molecule has 4 aliphatic rings. The third-order valence-electron chi connectivity index (χ3n) is 9.37. The quantitative estimate of drug-likeness (QED) is 0.265. The number of allylic oxidation sites excluding steroid dienone is 1. The van der Waals surface area contributed by atoms with Gasteiger partial charge in [0.25, 0.3) is 5.91 Å². The first kappa shape index (κ1) is 28.2. The fraction of sp³-hybridized carbons (Fsp3) is 0.452. The number of nitrogens with zero attached hydrogens (tertiary/aromatic N) is 1. The number of Topliss-reactive ketones (excluding diaryl/α,β-unsaturated/α-hetero) is 2. The minimum absolute atomic E-state index is 0.0132. The van der Waals surface area contributed by atoms with Gasteiger partial charge in [-0.1, -0.05) is 12.1 Å². The topological polar surface area (TPSA) is 183 Å². The van der Waals surface area contributed by atoms with Gasteiger partial charge in [0, 0.05) is 34.4 Å². The molecular formula is C31H35N3O8. The van der Waals surface area contributed by atoms with Crippen LogP contribution in [-0.4, -0.2) is 82.2 Å². The molecule has 1 fully saturated rings. The summed E-state index contributed by atoms with van der Waals surface area (Å²) < 4.78 is 5.79. The maximum absolute atomic E-state index is 14.1. The van der Waals surface area contributed by atoms with E-state index >= 15 is 0 Å². The van der Waals surface area contributed by atoms with Crippen molar-refractivity contribution in [1.82, 2.24) is 10.2 Å². The van der Waals surface area contributed by atoms with Gasteiger partial charge in [0.1, 0.15) is 28.6 Å². The smallest absolute Gasteiger partial charge is 0.255 e. The summed E-state index contributed by atoms with van der Waals surface area (Å²) in [5.74, 6) is -5.67. The Morgan fingerprint density at radius 1 is 1.17 bits per heavy atom. The highest BCUT2D eigenvalue weighted by molar-refractivity contribution is 6.25. The van der Waals surface area contributed by atoms with Crippen LogP contribution in [0.4, 0.5) is 0 Å². The Morgan fingerprint density at radius 2 is 1.88 bits per heavy atom. The minimum Gasteiger partial charge on any atom is -0.510 e. The van der Waals surface area contributed by atoms with Crippen LogP contribution in [0.1, 0.15) is 40.7 Å². The van der Waals surface area contributed by atoms with Gasteiger partial charge in [-0.3, -0.25) is 19.3 Å². The second-order valence-electron chi connectivity index (χ2n) is 12.2. The molecule has 11 nitrogen and oxygen atoms in total. The maximum Gasteiger partial charge on any atom is 0.255 e. The first-order chi connectivity index (χ1) is 19.9. The molecule has 42 heavy (non-hydrogen) atoms. The van der Waals surface area contributed by atoms with Crippen molar-refractivity contribution in [2.75, 3.05) is 27.7 Å². The van der Waals surface area contributed by atoms with Crippen LogP contribution < -0.4 is 15.8 Å². The summed E-state index contributed by atoms with van der Waals surface area (Å²) in [6, 6.07) is 4.55. The number of carbonyl (C=O) groups excluding carboxylic acids is 3. The number of ketones is 2. The molecule has 0 unspecified atom stereocenters. The van der Waals surface area contributed by atoms with Crippen molar-refractivity contribution in [3.05, 3.63) is 57.6 Å². The second-order valence-corrected chi connectivity index (χ2v) is 12.2. The highest BCUT2D eigenvalue weighted by atomic mass is 16.5. The lowest BCUT2D eigenvalue weighted by atomic mass is 9.58. The van der Waals surface area contributed by atoms with Crippen LogP contribution in [0.3, 0.4) is 0 Å². The van der Waals surface area contributed by atoms with Gasteiger partial charge < -0.3 is 36.2 Å². The van der Waals surface area contributed by atoms with Gasteiger partial charge in [-0.2, -0.15) is 0 Å². The van der Waals surface area contributed by atoms with Gasteiger partial charge >= 0.3 is 0 Å². The van der Waals surface area contributed by atoms with Crippen LogP contribution in [0.15, 0.2) is 40.9 Å². The number of nitrogens with one attached hydrogen (secondary N) is 1. The van der Waals surface area contributed by atoms with E-state index in [4.69, 9.17) is 10.5 Å². The van der Waals surface area contributed by atoms with Crippen LogP contribution in [0.2, 0.25) is 0 Å². The highest BCUT2D eigenvalue weighted by Gasteiger charge is 2.63. The summed E-state index contributed by atoms with van der Waals surface area (Å²) in [7, 11) is 4.67. The maximum atomic E-state index is 14.1. The van der Waals surface area contributed by atoms with Gasteiger partial charge in [-0.05, 0) is 69.8 Å². The van der Waals surface area contributed by atoms with Gasteiger partial charge in [-0.25, -0.2) is 0 Å². The number of phenolic OH excluding ortho intramolecular Hbond substituents is 1. The normalized spacial score (nSPS) is 27.3. The van der Waals surface area contributed by atoms with Crippen LogP contribution in [0, 0.1) is 17.8 Å². The Hall–Kier alpha value is -3.93. The van der Waals surface area contributed by atoms with Gasteiger partial charge in [0.2, 0.25) is 5.78 Å². The molecule has 0 heterocycles. The molecule has 11 heteroatoms. The number of primary amides is 1. The Kier molecular flexibility index (Phi) is 6.60. The number of rotatable bonds is 7. The van der Waals surface area contributed by atoms with E-state index in [1.54, 1.807) is 20.2 Å². The summed E-state index contributed by atoms with van der Waals surface area (Å²) in [6.45, 7) is 1.49. The number of hydrogen-bond donors (Lipinski definition) is 6. The van der Waals surface area contributed by atoms with Crippen LogP contribution in [0.25, 0.3) is 10.8 Å². The predicted octanol–water partition coefficient (Wildman–Crippen LogP) is 1.78. The van der Waals surface area contributed by atoms with Crippen LogP contribution in [-0.2, 0) is 22.6 Å². The zero-order chi connectivity index (χ0) is 30.2. The number of phenols is 1. The molecule has 0 bridgehead atoms. The molecule has 1 amide bonds. The van der Waals surface area contributed by atoms with E-state index in [0.717, 1.165) is 12.1 Å². The first-order valence-electron chi connectivity index (χ1n) is 14.1. The molecule has 6 rings (SSSR count). The van der Waals surface area contributed by atoms with E-state index in [1.807, 2.05) is 12.1 Å². The molecule has 0 aliphatic heterocycles. The standard InChI is InChI=1S/C31H35N3O8/c1-34(2)23-19-10-15-9-18-21(25(36)20(15)28(38)31(19,41)29(39)22(26(23)37)30(32)40)24(35)17-8-14(12-33-11-13-4-5-13)6-7-16(17)27(18)42-3/h6-8,13,15,19,23,33,35,37-38,41H,4-5,9-12H2,1-3H3,(H2,32,40)/t15-,19-,23-,31-/m0/s1. The van der Waals surface area contributed by atoms with Crippen molar-refractivity contribution in [2.24, 2.45) is 23.5 Å². The zero-order valence-corrected chi connectivity index (χ0v) is 23.7. The fourth-order valence-corrected chi connectivity index (χ4v) is 7.21. The number of carbonyl (C=O) groups is 3. The number of ether oxygens (including phenoxy) is 1. The van der Waals surface area contributed by atoms with Crippen molar-refractivity contribution >= 4 is 28.2 Å². The number of fused-ring (bicyclic) bond motifs is 4. The second kappa shape index (κ2) is 9.82. The molecule has 7 N–H and O–H groups in total. The Labute approximate surface area is 242 Å². The molecule has 4 aliphatic carbocycles. The van der Waals surface area contributed by atoms with Gasteiger partial charge in [0.15, 0.2) is 11.4 Å². The van der Waals surface area contributed by atoms with E-state index in [0.29, 0.717) is 34.5 Å². The minimum atomic E-state index is -2.68. The zero-order valence-electron chi connectivity index (χ0n) is 23.7. The van der Waals surface area contributed by atoms with Crippen molar-refractivity contribution in [2.45, 2.75) is 43.9 Å². The summed E-state index contributed by atoms with van der Waals surface area (Å²) in [4.78, 5) is 41.3. The Bertz CT molecular complexity index is 1620. The molecular weight excluding hydrogens is 542 g/mol. The molecule has 1 saturated carbocycles. The van der Waals surface area contributed by atoms with Gasteiger partial charge in [0.05, 0.1) is 18.7 Å². The van der Waals surface area contributed by atoms with E-state index in [9.17, 15) is 34.8 Å². The predicted molar refractivity (Wildman–Crippen MR) is 152 cm³/mol. The molecule has 2 aromatic rings. The van der Waals surface area contributed by atoms with E-state index in [1.165, 1.54) is 24.9 Å². The number of aliphatic hydroxyl groups excluding tert-OH is 2. The molecule has 0 radical (unpaired) electrons. The van der Waals surface area contributed by atoms with Crippen molar-refractivity contribution in [3.63, 3.8) is 0 Å². The average Bonchev–Trinajstić information content (AvgIpc) is 3.75. The van der Waals surface area contributed by atoms with Gasteiger partial charge in [-0.15, -0.1) is 0 Å². The molecule has 222 valence electrons. The van der Waals surface area contributed by atoms with Crippen molar-refractivity contribution < 1.29 is 39.5 Å². The lowest BCUT2D eigenvalue weighted by Crippen LogP contribution is -2.63. The third-order valence-corrected chi connectivity index (χ3v) is 9.37. The summed E-state index contributed by atoms with van der Waals surface area (Å²) in [5.41, 5.74) is 2.99. The first-order valence-corrected chi connectivity index (χ1v) is 14.1. The third kappa shape index (κ3) is 3.94. The summed E-state index contributed by atoms with van der Waals surface area (Å²) in [5, 5.41) is 50.2. The summed E-state index contributed by atoms with van der Waals surface area (Å²) in [6.07, 6.45) is 2.61. The SMILES string of the molecule is COc1c2c(c(O)c3cc(CNCC4CC4)ccc13)C(=O)C1=C(O)[C@]3(O)C(=O)C(C(N)=O)=C(O)[C@@H](N(C)C)[C@@H]3C[C@@H]1C2. The van der Waals surface area contributed by atoms with E-state index in [2.05, 4.69) is 5.32 Å². The van der Waals surface area contributed by atoms with Crippen LogP contribution in [0.5, 0.6) is 11.5 Å². The fourth-order valence-electron chi connectivity index (χ4n) is 7.21. The molecule has 0 spiro atoms. The summed E-state index contributed by atoms with van der Waals surface area (Å²) >= 11 is 0. The molecule has 0 aromatic heterocycles. The van der Waals surface area contributed by atoms with Crippen LogP contribution >= 0.6 is 0 Å². The number of amides is 1. The number of methoxy groups -OCH3 is 1. The molecule has 0 saturated heterocycles. The highest BCUT2D eigenvalue weighted by Crippen LogP contribution is 2.54. The number of likely N-dealkylation sites (N-methyl/N-ethyl adjacent to an activating group) is 1. The Morgan fingerprint density at radius 3 is 2.50 bits per heavy atom. The molecule has 4 atom stereocenters. The molecule has 2 aromatic carbocycles. The number of benzene rings is 2. The number of hydrogen-bond acceptors (Lipinski definition) is 10. The lowest BCUT2D eigenvalue weighted by molar-refractivity contribution is -0.148. The average molecular weight is 578 g/mol. The largest absolute Gasteiger partial charge is 0.510 e. The van der Waals surface area contributed by atoms with E-state index in [-0.39, 0.29) is 29.7 Å². The van der Waals surface area contributed by atoms with Crippen molar-refractivity contribution in [1.29, 1.82) is 0 Å². The number of nitrogens with two attached hydrogens (primary N) is 1.